The lowest BCUT2D eigenvalue weighted by atomic mass is 9.96. The van der Waals surface area contributed by atoms with Crippen molar-refractivity contribution in [3.63, 3.8) is 0 Å². The maximum absolute atomic E-state index is 9.05. The molecule has 0 aromatic heterocycles. The minimum atomic E-state index is -0.327. The predicted octanol–water partition coefficient (Wildman–Crippen LogP) is 3.86. The van der Waals surface area contributed by atoms with E-state index in [9.17, 15) is 0 Å². The summed E-state index contributed by atoms with van der Waals surface area (Å²) in [6, 6.07) is 5.99. The third-order valence-electron chi connectivity index (χ3n) is 2.73. The smallest absolute Gasteiger partial charge is 0.0838 e. The van der Waals surface area contributed by atoms with Crippen LogP contribution >= 0.6 is 23.2 Å². The Kier molecular flexibility index (Phi) is 2.21. The fraction of sp³-hybridized carbons (Fsp3) is 0.364. The van der Waals surface area contributed by atoms with Crippen molar-refractivity contribution >= 4 is 23.2 Å². The fourth-order valence-electron chi connectivity index (χ4n) is 1.59. The summed E-state index contributed by atoms with van der Waals surface area (Å²) in [5, 5.41) is 10.3. The quantitative estimate of drug-likeness (QED) is 0.713. The van der Waals surface area contributed by atoms with E-state index in [1.807, 2.05) is 13.0 Å². The van der Waals surface area contributed by atoms with Gasteiger partial charge < -0.3 is 0 Å². The van der Waals surface area contributed by atoms with Crippen LogP contribution < -0.4 is 0 Å². The van der Waals surface area contributed by atoms with Crippen LogP contribution in [0.1, 0.15) is 24.0 Å². The van der Waals surface area contributed by atoms with Gasteiger partial charge in [-0.05, 0) is 37.0 Å². The number of rotatable bonds is 1. The van der Waals surface area contributed by atoms with E-state index in [2.05, 4.69) is 6.07 Å². The van der Waals surface area contributed by atoms with E-state index in [1.54, 1.807) is 6.07 Å². The summed E-state index contributed by atoms with van der Waals surface area (Å²) < 4.78 is 0. The van der Waals surface area contributed by atoms with Crippen LogP contribution in [0.2, 0.25) is 10.0 Å². The van der Waals surface area contributed by atoms with Gasteiger partial charge >= 0.3 is 0 Å². The van der Waals surface area contributed by atoms with E-state index >= 15 is 0 Å². The van der Waals surface area contributed by atoms with E-state index in [4.69, 9.17) is 28.5 Å². The molecule has 0 radical (unpaired) electrons. The van der Waals surface area contributed by atoms with Gasteiger partial charge in [0.15, 0.2) is 0 Å². The zero-order valence-electron chi connectivity index (χ0n) is 7.77. The van der Waals surface area contributed by atoms with Crippen molar-refractivity contribution in [1.82, 2.24) is 0 Å². The number of hydrogen-bond acceptors (Lipinski definition) is 1. The lowest BCUT2D eigenvalue weighted by Gasteiger charge is -2.10. The molecule has 0 saturated heterocycles. The van der Waals surface area contributed by atoms with E-state index < -0.39 is 0 Å². The van der Waals surface area contributed by atoms with Crippen LogP contribution in [0.25, 0.3) is 0 Å². The van der Waals surface area contributed by atoms with Gasteiger partial charge in [0.2, 0.25) is 0 Å². The van der Waals surface area contributed by atoms with Crippen molar-refractivity contribution in [3.05, 3.63) is 33.3 Å². The molecule has 72 valence electrons. The second-order valence-corrected chi connectivity index (χ2v) is 4.59. The second kappa shape index (κ2) is 3.15. The fourth-order valence-corrected chi connectivity index (χ4v) is 2.15. The van der Waals surface area contributed by atoms with E-state index in [0.29, 0.717) is 10.0 Å². The summed E-state index contributed by atoms with van der Waals surface area (Å²) in [4.78, 5) is 0. The summed E-state index contributed by atoms with van der Waals surface area (Å²) in [6.07, 6.45) is 1.81. The average molecular weight is 226 g/mol. The molecule has 1 nitrogen and oxygen atoms in total. The van der Waals surface area contributed by atoms with Gasteiger partial charge in [-0.3, -0.25) is 0 Å². The molecule has 0 atom stereocenters. The Labute approximate surface area is 93.2 Å². The molecule has 1 aromatic carbocycles. The van der Waals surface area contributed by atoms with Crippen molar-refractivity contribution in [2.45, 2.75) is 25.2 Å². The number of benzene rings is 1. The average Bonchev–Trinajstić information content (AvgIpc) is 2.92. The number of aryl methyl sites for hydroxylation is 1. The Morgan fingerprint density at radius 2 is 1.93 bits per heavy atom. The highest BCUT2D eigenvalue weighted by Crippen LogP contribution is 2.50. The van der Waals surface area contributed by atoms with Gasteiger partial charge in [-0.1, -0.05) is 29.3 Å². The first kappa shape index (κ1) is 9.83. The van der Waals surface area contributed by atoms with Crippen LogP contribution in [0.3, 0.4) is 0 Å². The zero-order chi connectivity index (χ0) is 10.3. The first-order chi connectivity index (χ1) is 6.59. The number of halogens is 2. The molecular weight excluding hydrogens is 217 g/mol. The normalized spacial score (nSPS) is 17.6. The van der Waals surface area contributed by atoms with E-state index in [1.165, 1.54) is 0 Å². The van der Waals surface area contributed by atoms with Crippen molar-refractivity contribution in [1.29, 1.82) is 5.26 Å². The standard InChI is InChI=1S/C11H9Cl2N/c1-7-4-8(10(13)5-9(7)12)11(6-14)2-3-11/h4-5H,2-3H2,1H3. The molecule has 0 bridgehead atoms. The third kappa shape index (κ3) is 1.39. The first-order valence-corrected chi connectivity index (χ1v) is 5.22. The van der Waals surface area contributed by atoms with E-state index in [-0.39, 0.29) is 5.41 Å². The minimum absolute atomic E-state index is 0.327. The van der Waals surface area contributed by atoms with Crippen LogP contribution in [0.4, 0.5) is 0 Å². The van der Waals surface area contributed by atoms with Crippen molar-refractivity contribution in [3.8, 4) is 6.07 Å². The van der Waals surface area contributed by atoms with E-state index in [0.717, 1.165) is 24.0 Å². The monoisotopic (exact) mass is 225 g/mol. The first-order valence-electron chi connectivity index (χ1n) is 4.46. The summed E-state index contributed by atoms with van der Waals surface area (Å²) in [5.74, 6) is 0. The molecule has 0 unspecified atom stereocenters. The predicted molar refractivity (Wildman–Crippen MR) is 57.7 cm³/mol. The molecule has 0 spiro atoms. The highest BCUT2D eigenvalue weighted by molar-refractivity contribution is 6.35. The van der Waals surface area contributed by atoms with Crippen LogP contribution in [0.15, 0.2) is 12.1 Å². The second-order valence-electron chi connectivity index (χ2n) is 3.78. The summed E-state index contributed by atoms with van der Waals surface area (Å²) in [6.45, 7) is 1.93. The molecule has 0 N–H and O–H groups in total. The minimum Gasteiger partial charge on any atom is -0.197 e. The number of nitriles is 1. The topological polar surface area (TPSA) is 23.8 Å². The highest BCUT2D eigenvalue weighted by Gasteiger charge is 2.46. The molecule has 14 heavy (non-hydrogen) atoms. The Bertz CT molecular complexity index is 428. The molecule has 1 aromatic rings. The van der Waals surface area contributed by atoms with Gasteiger partial charge in [-0.25, -0.2) is 0 Å². The third-order valence-corrected chi connectivity index (χ3v) is 3.45. The summed E-state index contributed by atoms with van der Waals surface area (Å²) in [5.41, 5.74) is 1.59. The van der Waals surface area contributed by atoms with Gasteiger partial charge in [0.25, 0.3) is 0 Å². The largest absolute Gasteiger partial charge is 0.197 e. The van der Waals surface area contributed by atoms with Gasteiger partial charge in [0.05, 0.1) is 11.5 Å². The van der Waals surface area contributed by atoms with Crippen molar-refractivity contribution in [2.75, 3.05) is 0 Å². The van der Waals surface area contributed by atoms with Gasteiger partial charge in [-0.2, -0.15) is 5.26 Å². The van der Waals surface area contributed by atoms with Gasteiger partial charge in [0, 0.05) is 10.0 Å². The molecule has 1 aliphatic carbocycles. The van der Waals surface area contributed by atoms with Crippen LogP contribution in [0, 0.1) is 18.3 Å². The molecule has 3 heteroatoms. The Balaban J connectivity index is 2.55. The Morgan fingerprint density at radius 3 is 2.43 bits per heavy atom. The zero-order valence-corrected chi connectivity index (χ0v) is 9.28. The lowest BCUT2D eigenvalue weighted by Crippen LogP contribution is -2.03. The Morgan fingerprint density at radius 1 is 1.29 bits per heavy atom. The number of hydrogen-bond donors (Lipinski definition) is 0. The molecule has 0 aliphatic heterocycles. The van der Waals surface area contributed by atoms with Crippen LogP contribution in [-0.2, 0) is 5.41 Å². The van der Waals surface area contributed by atoms with Gasteiger partial charge in [-0.15, -0.1) is 0 Å². The molecule has 2 rings (SSSR count). The van der Waals surface area contributed by atoms with Crippen molar-refractivity contribution in [2.24, 2.45) is 0 Å². The molecule has 1 saturated carbocycles. The SMILES string of the molecule is Cc1cc(C2(C#N)CC2)c(Cl)cc1Cl. The molecule has 1 aliphatic rings. The highest BCUT2D eigenvalue weighted by atomic mass is 35.5. The maximum atomic E-state index is 9.05. The van der Waals surface area contributed by atoms with Crippen molar-refractivity contribution < 1.29 is 0 Å². The molecule has 1 fully saturated rings. The van der Waals surface area contributed by atoms with Crippen LogP contribution in [-0.4, -0.2) is 0 Å². The Hall–Kier alpha value is -0.710. The summed E-state index contributed by atoms with van der Waals surface area (Å²) >= 11 is 12.0. The number of nitrogens with zero attached hydrogens (tertiary/aromatic N) is 1. The summed E-state index contributed by atoms with van der Waals surface area (Å²) in [7, 11) is 0. The molecule has 0 amide bonds. The lowest BCUT2D eigenvalue weighted by molar-refractivity contribution is 0.906. The van der Waals surface area contributed by atoms with Crippen LogP contribution in [0.5, 0.6) is 0 Å². The molecule has 0 heterocycles. The van der Waals surface area contributed by atoms with Gasteiger partial charge in [0.1, 0.15) is 0 Å². The maximum Gasteiger partial charge on any atom is 0.0838 e. The molecular formula is C11H9Cl2N.